The second kappa shape index (κ2) is 6.20. The van der Waals surface area contributed by atoms with E-state index < -0.39 is 18.0 Å². The summed E-state index contributed by atoms with van der Waals surface area (Å²) in [6.45, 7) is 3.92. The SMILES string of the molecule is Cc1ccc(CC(=O)C2CCCCC2C(F)(F)F)cc1C. The van der Waals surface area contributed by atoms with Gasteiger partial charge in [-0.1, -0.05) is 31.0 Å². The first kappa shape index (κ1) is 16.1. The van der Waals surface area contributed by atoms with E-state index in [1.54, 1.807) is 0 Å². The molecule has 2 atom stereocenters. The van der Waals surface area contributed by atoms with Crippen LogP contribution in [0.15, 0.2) is 18.2 Å². The van der Waals surface area contributed by atoms with Crippen LogP contribution in [0.1, 0.15) is 42.4 Å². The molecule has 4 heteroatoms. The lowest BCUT2D eigenvalue weighted by molar-refractivity contribution is -0.197. The molecule has 1 aliphatic carbocycles. The topological polar surface area (TPSA) is 17.1 Å². The fourth-order valence-corrected chi connectivity index (χ4v) is 3.15. The number of carbonyl (C=O) groups is 1. The first-order valence-electron chi connectivity index (χ1n) is 7.44. The maximum atomic E-state index is 13.1. The zero-order chi connectivity index (χ0) is 15.6. The van der Waals surface area contributed by atoms with Crippen LogP contribution >= 0.6 is 0 Å². The van der Waals surface area contributed by atoms with Crippen LogP contribution in [0, 0.1) is 25.7 Å². The molecule has 1 aliphatic rings. The third-order valence-electron chi connectivity index (χ3n) is 4.55. The van der Waals surface area contributed by atoms with E-state index in [1.807, 2.05) is 32.0 Å². The van der Waals surface area contributed by atoms with E-state index in [-0.39, 0.29) is 18.6 Å². The minimum atomic E-state index is -4.26. The summed E-state index contributed by atoms with van der Waals surface area (Å²) in [5.41, 5.74) is 3.00. The van der Waals surface area contributed by atoms with E-state index in [0.29, 0.717) is 12.8 Å². The number of ketones is 1. The van der Waals surface area contributed by atoms with E-state index >= 15 is 0 Å². The Morgan fingerprint density at radius 1 is 1.14 bits per heavy atom. The Bertz CT molecular complexity index is 519. The summed E-state index contributed by atoms with van der Waals surface area (Å²) in [6, 6.07) is 5.66. The van der Waals surface area contributed by atoms with Gasteiger partial charge in [0.2, 0.25) is 0 Å². The average molecular weight is 298 g/mol. The predicted molar refractivity (Wildman–Crippen MR) is 76.1 cm³/mol. The fraction of sp³-hybridized carbons (Fsp3) is 0.588. The lowest BCUT2D eigenvalue weighted by atomic mass is 9.75. The van der Waals surface area contributed by atoms with Gasteiger partial charge in [0.05, 0.1) is 5.92 Å². The Labute approximate surface area is 123 Å². The van der Waals surface area contributed by atoms with Gasteiger partial charge in [-0.2, -0.15) is 13.2 Å². The van der Waals surface area contributed by atoms with Crippen molar-refractivity contribution in [1.82, 2.24) is 0 Å². The molecule has 0 heterocycles. The van der Waals surface area contributed by atoms with Crippen LogP contribution in [0.2, 0.25) is 0 Å². The van der Waals surface area contributed by atoms with Crippen LogP contribution < -0.4 is 0 Å². The number of Topliss-reactive ketones (excluding diaryl/α,β-unsaturated/α-hetero) is 1. The van der Waals surface area contributed by atoms with Gasteiger partial charge in [-0.3, -0.25) is 4.79 Å². The van der Waals surface area contributed by atoms with Crippen molar-refractivity contribution in [2.45, 2.75) is 52.1 Å². The molecule has 0 N–H and O–H groups in total. The highest BCUT2D eigenvalue weighted by Gasteiger charge is 2.47. The van der Waals surface area contributed by atoms with Crippen molar-refractivity contribution in [2.24, 2.45) is 11.8 Å². The molecule has 1 saturated carbocycles. The average Bonchev–Trinajstić information content (AvgIpc) is 2.42. The molecule has 0 bridgehead atoms. The van der Waals surface area contributed by atoms with Gasteiger partial charge in [-0.05, 0) is 43.4 Å². The van der Waals surface area contributed by atoms with Gasteiger partial charge >= 0.3 is 6.18 Å². The highest BCUT2D eigenvalue weighted by Crippen LogP contribution is 2.42. The molecule has 0 saturated heterocycles. The van der Waals surface area contributed by atoms with Crippen LogP contribution in [0.25, 0.3) is 0 Å². The first-order chi connectivity index (χ1) is 9.79. The maximum Gasteiger partial charge on any atom is 0.392 e. The molecule has 0 radical (unpaired) electrons. The second-order valence-electron chi connectivity index (χ2n) is 6.10. The minimum absolute atomic E-state index is 0.0901. The summed E-state index contributed by atoms with van der Waals surface area (Å²) < 4.78 is 39.2. The summed E-state index contributed by atoms with van der Waals surface area (Å²) in [7, 11) is 0. The van der Waals surface area contributed by atoms with Crippen molar-refractivity contribution in [3.63, 3.8) is 0 Å². The number of rotatable bonds is 3. The summed E-state index contributed by atoms with van der Waals surface area (Å²) >= 11 is 0. The van der Waals surface area contributed by atoms with Crippen molar-refractivity contribution in [3.05, 3.63) is 34.9 Å². The van der Waals surface area contributed by atoms with E-state index in [1.165, 1.54) is 0 Å². The van der Waals surface area contributed by atoms with Gasteiger partial charge < -0.3 is 0 Å². The van der Waals surface area contributed by atoms with Gasteiger partial charge in [0.25, 0.3) is 0 Å². The smallest absolute Gasteiger partial charge is 0.299 e. The van der Waals surface area contributed by atoms with E-state index in [2.05, 4.69) is 0 Å². The van der Waals surface area contributed by atoms with Gasteiger partial charge in [-0.15, -0.1) is 0 Å². The number of benzene rings is 1. The quantitative estimate of drug-likeness (QED) is 0.784. The molecule has 116 valence electrons. The van der Waals surface area contributed by atoms with Crippen molar-refractivity contribution in [3.8, 4) is 0 Å². The van der Waals surface area contributed by atoms with Crippen LogP contribution in [0.3, 0.4) is 0 Å². The Morgan fingerprint density at radius 3 is 2.43 bits per heavy atom. The van der Waals surface area contributed by atoms with Gasteiger partial charge in [-0.25, -0.2) is 0 Å². The number of halogens is 3. The second-order valence-corrected chi connectivity index (χ2v) is 6.10. The fourth-order valence-electron chi connectivity index (χ4n) is 3.15. The molecule has 2 rings (SSSR count). The van der Waals surface area contributed by atoms with Crippen molar-refractivity contribution in [2.75, 3.05) is 0 Å². The first-order valence-corrected chi connectivity index (χ1v) is 7.44. The van der Waals surface area contributed by atoms with Crippen LogP contribution in [0.4, 0.5) is 13.2 Å². The van der Waals surface area contributed by atoms with Gasteiger partial charge in [0.1, 0.15) is 5.78 Å². The van der Waals surface area contributed by atoms with E-state index in [4.69, 9.17) is 0 Å². The highest BCUT2D eigenvalue weighted by atomic mass is 19.4. The number of carbonyl (C=O) groups excluding carboxylic acids is 1. The van der Waals surface area contributed by atoms with Crippen LogP contribution in [-0.4, -0.2) is 12.0 Å². The normalized spacial score (nSPS) is 23.1. The van der Waals surface area contributed by atoms with Crippen LogP contribution in [0.5, 0.6) is 0 Å². The number of alkyl halides is 3. The Kier molecular flexibility index (Phi) is 4.74. The largest absolute Gasteiger partial charge is 0.392 e. The van der Waals surface area contributed by atoms with E-state index in [9.17, 15) is 18.0 Å². The van der Waals surface area contributed by atoms with Gasteiger partial charge in [0.15, 0.2) is 0 Å². The highest BCUT2D eigenvalue weighted by molar-refractivity contribution is 5.83. The lowest BCUT2D eigenvalue weighted by Gasteiger charge is -2.32. The molecule has 0 aromatic heterocycles. The molecule has 1 aromatic carbocycles. The molecule has 1 nitrogen and oxygen atoms in total. The lowest BCUT2D eigenvalue weighted by Crippen LogP contribution is -2.37. The molecule has 0 amide bonds. The van der Waals surface area contributed by atoms with Crippen molar-refractivity contribution >= 4 is 5.78 Å². The molecule has 0 aliphatic heterocycles. The Morgan fingerprint density at radius 2 is 1.81 bits per heavy atom. The zero-order valence-electron chi connectivity index (χ0n) is 12.5. The third kappa shape index (κ3) is 3.86. The maximum absolute atomic E-state index is 13.1. The summed E-state index contributed by atoms with van der Waals surface area (Å²) in [5.74, 6) is -2.58. The Balaban J connectivity index is 2.12. The van der Waals surface area contributed by atoms with Crippen molar-refractivity contribution in [1.29, 1.82) is 0 Å². The third-order valence-corrected chi connectivity index (χ3v) is 4.55. The molecule has 1 aromatic rings. The molecular formula is C17H21F3O. The van der Waals surface area contributed by atoms with Gasteiger partial charge in [0, 0.05) is 12.3 Å². The van der Waals surface area contributed by atoms with E-state index in [0.717, 1.165) is 23.1 Å². The minimum Gasteiger partial charge on any atom is -0.299 e. The summed E-state index contributed by atoms with van der Waals surface area (Å²) in [6.07, 6.45) is -2.41. The Hall–Kier alpha value is -1.32. The molecule has 21 heavy (non-hydrogen) atoms. The molecule has 1 fully saturated rings. The van der Waals surface area contributed by atoms with Crippen molar-refractivity contribution < 1.29 is 18.0 Å². The number of hydrogen-bond donors (Lipinski definition) is 0. The standard InChI is InChI=1S/C17H21F3O/c1-11-7-8-13(9-12(11)2)10-16(21)14-5-3-4-6-15(14)17(18,19)20/h7-9,14-15H,3-6,10H2,1-2H3. The zero-order valence-corrected chi connectivity index (χ0v) is 12.5. The molecule has 0 spiro atoms. The number of aryl methyl sites for hydroxylation is 2. The summed E-state index contributed by atoms with van der Waals surface area (Å²) in [4.78, 5) is 12.3. The predicted octanol–water partition coefficient (Wildman–Crippen LogP) is 4.78. The molecule has 2 unspecified atom stereocenters. The molecular weight excluding hydrogens is 277 g/mol. The van der Waals surface area contributed by atoms with Crippen LogP contribution in [-0.2, 0) is 11.2 Å². The number of hydrogen-bond acceptors (Lipinski definition) is 1. The summed E-state index contributed by atoms with van der Waals surface area (Å²) in [5, 5.41) is 0. The monoisotopic (exact) mass is 298 g/mol.